The van der Waals surface area contributed by atoms with Crippen LogP contribution in [-0.2, 0) is 30.6 Å². The summed E-state index contributed by atoms with van der Waals surface area (Å²) in [5.41, 5.74) is 1.81. The quantitative estimate of drug-likeness (QED) is 0.577. The molecule has 2 aromatic rings. The Kier molecular flexibility index (Phi) is 7.34. The average Bonchev–Trinajstić information content (AvgIpc) is 3.32. The van der Waals surface area contributed by atoms with E-state index >= 15 is 0 Å². The second kappa shape index (κ2) is 10.2. The maximum Gasteiger partial charge on any atom is 0.235 e. The number of thioether (sulfide) groups is 1. The van der Waals surface area contributed by atoms with Gasteiger partial charge in [0.05, 0.1) is 11.3 Å². The lowest BCUT2D eigenvalue weighted by Crippen LogP contribution is -2.15. The summed E-state index contributed by atoms with van der Waals surface area (Å²) in [6.45, 7) is 5.16. The van der Waals surface area contributed by atoms with Gasteiger partial charge < -0.3 is 9.88 Å². The molecule has 4 rings (SSSR count). The molecule has 1 fully saturated rings. The minimum Gasteiger partial charge on any atom is -0.316 e. The Morgan fingerprint density at radius 2 is 2.10 bits per heavy atom. The van der Waals surface area contributed by atoms with Crippen LogP contribution in [0.2, 0.25) is 0 Å². The van der Waals surface area contributed by atoms with E-state index < -0.39 is 0 Å². The normalized spacial score (nSPS) is 19.1. The van der Waals surface area contributed by atoms with Gasteiger partial charge in [0.2, 0.25) is 5.91 Å². The Morgan fingerprint density at radius 3 is 2.84 bits per heavy atom. The molecule has 1 N–H and O–H groups in total. The molecule has 2 aromatic heterocycles. The first kappa shape index (κ1) is 22.3. The molecule has 2 heterocycles. The van der Waals surface area contributed by atoms with Gasteiger partial charge >= 0.3 is 0 Å². The lowest BCUT2D eigenvalue weighted by atomic mass is 9.87. The van der Waals surface area contributed by atoms with Crippen LogP contribution in [0.4, 0.5) is 5.00 Å². The van der Waals surface area contributed by atoms with Gasteiger partial charge in [-0.15, -0.1) is 21.5 Å². The zero-order valence-electron chi connectivity index (χ0n) is 18.4. The maximum atomic E-state index is 12.7. The fourth-order valence-corrected chi connectivity index (χ4v) is 6.99. The zero-order chi connectivity index (χ0) is 21.8. The number of thiophene rings is 1. The first-order valence-corrected chi connectivity index (χ1v) is 13.3. The Bertz CT molecular complexity index is 968. The minimum atomic E-state index is -0.0902. The molecule has 8 heteroatoms. The average molecular weight is 458 g/mol. The molecule has 1 atom stereocenters. The molecular formula is C23H31N5OS2. The van der Waals surface area contributed by atoms with Crippen molar-refractivity contribution in [3.8, 4) is 6.07 Å². The molecule has 31 heavy (non-hydrogen) atoms. The number of nitrogens with one attached hydrogen (secondary N) is 1. The number of nitrogens with zero attached hydrogens (tertiary/aromatic N) is 4. The molecule has 6 nitrogen and oxygen atoms in total. The predicted molar refractivity (Wildman–Crippen MR) is 126 cm³/mol. The smallest absolute Gasteiger partial charge is 0.235 e. The van der Waals surface area contributed by atoms with Crippen molar-refractivity contribution >= 4 is 34.0 Å². The molecule has 1 unspecified atom stereocenters. The van der Waals surface area contributed by atoms with Crippen LogP contribution < -0.4 is 5.32 Å². The summed E-state index contributed by atoms with van der Waals surface area (Å²) in [6, 6.07) is 2.32. The lowest BCUT2D eigenvalue weighted by molar-refractivity contribution is -0.113. The number of fused-ring (bicyclic) bond motifs is 1. The number of nitriles is 1. The minimum absolute atomic E-state index is 0.0902. The van der Waals surface area contributed by atoms with E-state index in [1.54, 1.807) is 11.3 Å². The molecule has 0 aliphatic heterocycles. The number of anilines is 1. The molecule has 2 aliphatic rings. The number of hydrogen-bond donors (Lipinski definition) is 1. The summed E-state index contributed by atoms with van der Waals surface area (Å²) in [7, 11) is 0. The predicted octanol–water partition coefficient (Wildman–Crippen LogP) is 5.21. The van der Waals surface area contributed by atoms with Gasteiger partial charge in [0.15, 0.2) is 5.16 Å². The second-order valence-corrected chi connectivity index (χ2v) is 10.9. The lowest BCUT2D eigenvalue weighted by Gasteiger charge is -2.21. The van der Waals surface area contributed by atoms with Gasteiger partial charge in [-0.2, -0.15) is 5.26 Å². The molecule has 0 radical (unpaired) electrons. The van der Waals surface area contributed by atoms with E-state index in [1.165, 1.54) is 48.7 Å². The van der Waals surface area contributed by atoms with Gasteiger partial charge in [-0.1, -0.05) is 50.8 Å². The highest BCUT2D eigenvalue weighted by molar-refractivity contribution is 7.99. The van der Waals surface area contributed by atoms with Gasteiger partial charge in [-0.3, -0.25) is 4.79 Å². The van der Waals surface area contributed by atoms with Crippen LogP contribution in [0.1, 0.15) is 74.2 Å². The van der Waals surface area contributed by atoms with Crippen LogP contribution in [0.15, 0.2) is 5.16 Å². The summed E-state index contributed by atoms with van der Waals surface area (Å²) in [5, 5.41) is 23.0. The van der Waals surface area contributed by atoms with Gasteiger partial charge in [-0.05, 0) is 43.6 Å². The summed E-state index contributed by atoms with van der Waals surface area (Å²) < 4.78 is 2.15. The monoisotopic (exact) mass is 457 g/mol. The van der Waals surface area contributed by atoms with Crippen molar-refractivity contribution in [3.63, 3.8) is 0 Å². The van der Waals surface area contributed by atoms with Gasteiger partial charge in [0.25, 0.3) is 0 Å². The number of carbonyl (C=O) groups excluding carboxylic acids is 1. The van der Waals surface area contributed by atoms with E-state index in [2.05, 4.69) is 40.0 Å². The fourth-order valence-electron chi connectivity index (χ4n) is 4.79. The second-order valence-electron chi connectivity index (χ2n) is 8.86. The molecule has 0 spiro atoms. The van der Waals surface area contributed by atoms with E-state index in [1.807, 2.05) is 0 Å². The van der Waals surface area contributed by atoms with Crippen molar-refractivity contribution in [1.82, 2.24) is 14.8 Å². The highest BCUT2D eigenvalue weighted by atomic mass is 32.2. The van der Waals surface area contributed by atoms with Crippen molar-refractivity contribution in [2.45, 2.75) is 83.3 Å². The number of hydrogen-bond acceptors (Lipinski definition) is 6. The van der Waals surface area contributed by atoms with Crippen molar-refractivity contribution in [1.29, 1.82) is 5.26 Å². The fraction of sp³-hybridized carbons (Fsp3) is 0.652. The number of rotatable bonds is 7. The van der Waals surface area contributed by atoms with Gasteiger partial charge in [-0.25, -0.2) is 0 Å². The number of aromatic nitrogens is 3. The first-order chi connectivity index (χ1) is 15.1. The van der Waals surface area contributed by atoms with Crippen molar-refractivity contribution in [2.75, 3.05) is 11.1 Å². The van der Waals surface area contributed by atoms with Crippen LogP contribution in [-0.4, -0.2) is 26.4 Å². The summed E-state index contributed by atoms with van der Waals surface area (Å²) in [4.78, 5) is 13.9. The van der Waals surface area contributed by atoms with Crippen molar-refractivity contribution in [3.05, 3.63) is 21.8 Å². The largest absolute Gasteiger partial charge is 0.316 e. The summed E-state index contributed by atoms with van der Waals surface area (Å²) >= 11 is 3.00. The third-order valence-corrected chi connectivity index (χ3v) is 8.65. The number of carbonyl (C=O) groups is 1. The Morgan fingerprint density at radius 1 is 1.29 bits per heavy atom. The number of amides is 1. The van der Waals surface area contributed by atoms with Crippen molar-refractivity contribution < 1.29 is 4.79 Å². The van der Waals surface area contributed by atoms with E-state index in [0.29, 0.717) is 22.4 Å². The Labute approximate surface area is 192 Å². The SMILES string of the molecule is CCn1c(CC2CCCCC2)nnc1SCC(=O)Nc1sc2c(c1C#N)CCC(C)C2. The molecular weight excluding hydrogens is 426 g/mol. The summed E-state index contributed by atoms with van der Waals surface area (Å²) in [5.74, 6) is 2.57. The van der Waals surface area contributed by atoms with E-state index in [0.717, 1.165) is 48.8 Å². The maximum absolute atomic E-state index is 12.7. The zero-order valence-corrected chi connectivity index (χ0v) is 20.1. The molecule has 1 saturated carbocycles. The Hall–Kier alpha value is -1.85. The van der Waals surface area contributed by atoms with Crippen LogP contribution in [0.3, 0.4) is 0 Å². The first-order valence-electron chi connectivity index (χ1n) is 11.5. The van der Waals surface area contributed by atoms with Crippen LogP contribution in [0.5, 0.6) is 0 Å². The Balaban J connectivity index is 1.38. The van der Waals surface area contributed by atoms with Crippen LogP contribution in [0, 0.1) is 23.2 Å². The molecule has 0 aromatic carbocycles. The van der Waals surface area contributed by atoms with Gasteiger partial charge in [0.1, 0.15) is 16.9 Å². The molecule has 0 saturated heterocycles. The summed E-state index contributed by atoms with van der Waals surface area (Å²) in [6.07, 6.45) is 10.6. The molecule has 2 aliphatic carbocycles. The molecule has 166 valence electrons. The van der Waals surface area contributed by atoms with E-state index in [4.69, 9.17) is 0 Å². The molecule has 1 amide bonds. The van der Waals surface area contributed by atoms with Gasteiger partial charge in [0, 0.05) is 17.8 Å². The van der Waals surface area contributed by atoms with Crippen molar-refractivity contribution in [2.24, 2.45) is 11.8 Å². The topological polar surface area (TPSA) is 83.6 Å². The van der Waals surface area contributed by atoms with E-state index in [9.17, 15) is 10.1 Å². The highest BCUT2D eigenvalue weighted by Gasteiger charge is 2.25. The third-order valence-electron chi connectivity index (χ3n) is 6.51. The van der Waals surface area contributed by atoms with Crippen LogP contribution >= 0.6 is 23.1 Å². The van der Waals surface area contributed by atoms with E-state index in [-0.39, 0.29) is 11.7 Å². The van der Waals surface area contributed by atoms with Crippen LogP contribution in [0.25, 0.3) is 0 Å². The highest BCUT2D eigenvalue weighted by Crippen LogP contribution is 2.39. The third kappa shape index (κ3) is 5.15. The molecule has 0 bridgehead atoms. The standard InChI is InChI=1S/C23H31N5OS2/c1-3-28-20(12-16-7-5-4-6-8-16)26-27-23(28)30-14-21(29)25-22-18(13-24)17-10-9-15(2)11-19(17)31-22/h15-16H,3-12,14H2,1-2H3,(H,25,29).